The van der Waals surface area contributed by atoms with Crippen LogP contribution >= 0.6 is 0 Å². The Balaban J connectivity index is 4.25. The maximum Gasteiger partial charge on any atom is 0.335 e. The fraction of sp³-hybridized carbons (Fsp3) is 0.545. The third kappa shape index (κ3) is 5.34. The zero-order valence-corrected chi connectivity index (χ0v) is 9.19. The van der Waals surface area contributed by atoms with E-state index < -0.39 is 11.6 Å². The lowest BCUT2D eigenvalue weighted by atomic mass is 10.00. The van der Waals surface area contributed by atoms with Gasteiger partial charge in [0, 0.05) is 0 Å². The molecule has 0 fully saturated rings. The maximum absolute atomic E-state index is 11.0. The molecule has 2 N–H and O–H groups in total. The van der Waals surface area contributed by atoms with E-state index in [1.54, 1.807) is 13.0 Å². The summed E-state index contributed by atoms with van der Waals surface area (Å²) in [5, 5.41) is 18.4. The molecule has 0 heterocycles. The molecule has 0 radical (unpaired) electrons. The van der Waals surface area contributed by atoms with Gasteiger partial charge in [0.2, 0.25) is 0 Å². The van der Waals surface area contributed by atoms with E-state index in [9.17, 15) is 9.90 Å². The highest BCUT2D eigenvalue weighted by Crippen LogP contribution is 2.14. The molecule has 0 rings (SSSR count). The van der Waals surface area contributed by atoms with E-state index in [2.05, 4.69) is 11.3 Å². The molecule has 15 heavy (non-hydrogen) atoms. The van der Waals surface area contributed by atoms with Gasteiger partial charge >= 0.3 is 5.97 Å². The second-order valence-electron chi connectivity index (χ2n) is 3.48. The van der Waals surface area contributed by atoms with Crippen molar-refractivity contribution in [2.24, 2.45) is 0 Å². The maximum atomic E-state index is 11.0. The minimum Gasteiger partial charge on any atom is -0.466 e. The summed E-state index contributed by atoms with van der Waals surface area (Å²) in [7, 11) is 1.26. The van der Waals surface area contributed by atoms with Crippen molar-refractivity contribution >= 4 is 5.97 Å². The first-order chi connectivity index (χ1) is 6.96. The van der Waals surface area contributed by atoms with Crippen LogP contribution in [0.1, 0.15) is 19.8 Å². The van der Waals surface area contributed by atoms with Gasteiger partial charge in [-0.3, -0.25) is 0 Å². The van der Waals surface area contributed by atoms with Crippen LogP contribution < -0.4 is 0 Å². The zero-order chi connectivity index (χ0) is 11.9. The van der Waals surface area contributed by atoms with Crippen molar-refractivity contribution in [3.05, 3.63) is 24.3 Å². The van der Waals surface area contributed by atoms with E-state index in [-0.39, 0.29) is 12.2 Å². The molecule has 0 aliphatic rings. The Morgan fingerprint density at radius 2 is 2.20 bits per heavy atom. The molecule has 0 aromatic heterocycles. The lowest BCUT2D eigenvalue weighted by Crippen LogP contribution is -2.19. The van der Waals surface area contributed by atoms with E-state index >= 15 is 0 Å². The average Bonchev–Trinajstić information content (AvgIpc) is 2.23. The lowest BCUT2D eigenvalue weighted by molar-refractivity contribution is -0.136. The molecule has 0 amide bonds. The molecular formula is C11H18O4. The second kappa shape index (κ2) is 6.37. The Morgan fingerprint density at radius 1 is 1.60 bits per heavy atom. The number of hydrogen-bond acceptors (Lipinski definition) is 4. The highest BCUT2D eigenvalue weighted by molar-refractivity contribution is 5.88. The van der Waals surface area contributed by atoms with Crippen molar-refractivity contribution in [2.45, 2.75) is 25.4 Å². The SMILES string of the molecule is C=C[C@](C)(O)CC/C=C(\CO)C(=O)OC. The summed E-state index contributed by atoms with van der Waals surface area (Å²) in [6, 6.07) is 0. The molecule has 86 valence electrons. The zero-order valence-electron chi connectivity index (χ0n) is 9.19. The number of hydrogen-bond donors (Lipinski definition) is 2. The van der Waals surface area contributed by atoms with Crippen LogP contribution in [-0.4, -0.2) is 35.5 Å². The summed E-state index contributed by atoms with van der Waals surface area (Å²) in [4.78, 5) is 11.0. The van der Waals surface area contributed by atoms with Crippen molar-refractivity contribution in [3.63, 3.8) is 0 Å². The molecule has 0 spiro atoms. The Bertz CT molecular complexity index is 253. The van der Waals surface area contributed by atoms with Gasteiger partial charge in [-0.2, -0.15) is 0 Å². The van der Waals surface area contributed by atoms with Gasteiger partial charge in [0.05, 0.1) is 24.9 Å². The fourth-order valence-electron chi connectivity index (χ4n) is 0.984. The van der Waals surface area contributed by atoms with Crippen molar-refractivity contribution in [1.82, 2.24) is 0 Å². The predicted octanol–water partition coefficient (Wildman–Crippen LogP) is 0.795. The summed E-state index contributed by atoms with van der Waals surface area (Å²) >= 11 is 0. The molecule has 0 bridgehead atoms. The predicted molar refractivity (Wildman–Crippen MR) is 57.2 cm³/mol. The highest BCUT2D eigenvalue weighted by Gasteiger charge is 2.14. The summed E-state index contributed by atoms with van der Waals surface area (Å²) < 4.78 is 4.46. The van der Waals surface area contributed by atoms with E-state index in [1.165, 1.54) is 13.2 Å². The molecular weight excluding hydrogens is 196 g/mol. The number of rotatable bonds is 6. The third-order valence-corrected chi connectivity index (χ3v) is 2.10. The number of aliphatic hydroxyl groups is 2. The van der Waals surface area contributed by atoms with E-state index in [0.29, 0.717) is 12.8 Å². The van der Waals surface area contributed by atoms with Gasteiger partial charge in [-0.15, -0.1) is 6.58 Å². The van der Waals surface area contributed by atoms with Crippen LogP contribution in [0.2, 0.25) is 0 Å². The third-order valence-electron chi connectivity index (χ3n) is 2.10. The van der Waals surface area contributed by atoms with Gasteiger partial charge < -0.3 is 14.9 Å². The van der Waals surface area contributed by atoms with Crippen molar-refractivity contribution < 1.29 is 19.7 Å². The molecule has 4 heteroatoms. The first kappa shape index (κ1) is 13.9. The first-order valence-electron chi connectivity index (χ1n) is 4.71. The van der Waals surface area contributed by atoms with E-state index in [4.69, 9.17) is 5.11 Å². The van der Waals surface area contributed by atoms with Crippen LogP contribution in [0.3, 0.4) is 0 Å². The van der Waals surface area contributed by atoms with Gasteiger partial charge in [-0.25, -0.2) is 4.79 Å². The first-order valence-corrected chi connectivity index (χ1v) is 4.71. The Labute approximate surface area is 89.9 Å². The highest BCUT2D eigenvalue weighted by atomic mass is 16.5. The van der Waals surface area contributed by atoms with Gasteiger partial charge in [-0.1, -0.05) is 12.2 Å². The standard InChI is InChI=1S/C11H18O4/c1-4-11(2,14)7-5-6-9(8-12)10(13)15-3/h4,6,12,14H,1,5,7-8H2,2-3H3/b9-6+/t11-/m0/s1. The van der Waals surface area contributed by atoms with Crippen LogP contribution in [-0.2, 0) is 9.53 Å². The minimum atomic E-state index is -0.951. The van der Waals surface area contributed by atoms with Crippen LogP contribution in [0.4, 0.5) is 0 Å². The number of esters is 1. The Morgan fingerprint density at radius 3 is 2.60 bits per heavy atom. The minimum absolute atomic E-state index is 0.206. The molecule has 0 aromatic rings. The van der Waals surface area contributed by atoms with Gasteiger partial charge in [0.15, 0.2) is 0 Å². The van der Waals surface area contributed by atoms with Crippen LogP contribution in [0.15, 0.2) is 24.3 Å². The molecule has 4 nitrogen and oxygen atoms in total. The molecule has 0 unspecified atom stereocenters. The average molecular weight is 214 g/mol. The summed E-state index contributed by atoms with van der Waals surface area (Å²) in [6.45, 7) is 4.76. The van der Waals surface area contributed by atoms with Crippen LogP contribution in [0.5, 0.6) is 0 Å². The van der Waals surface area contributed by atoms with Gasteiger partial charge in [0.25, 0.3) is 0 Å². The molecule has 1 atom stereocenters. The lowest BCUT2D eigenvalue weighted by Gasteiger charge is -2.16. The smallest absolute Gasteiger partial charge is 0.335 e. The van der Waals surface area contributed by atoms with Crippen LogP contribution in [0, 0.1) is 0 Å². The second-order valence-corrected chi connectivity index (χ2v) is 3.48. The topological polar surface area (TPSA) is 66.8 Å². The number of carbonyl (C=O) groups excluding carboxylic acids is 1. The number of methoxy groups -OCH3 is 1. The van der Waals surface area contributed by atoms with Crippen LogP contribution in [0.25, 0.3) is 0 Å². The number of allylic oxidation sites excluding steroid dienone is 1. The fourth-order valence-corrected chi connectivity index (χ4v) is 0.984. The van der Waals surface area contributed by atoms with Crippen molar-refractivity contribution in [2.75, 3.05) is 13.7 Å². The van der Waals surface area contributed by atoms with Crippen molar-refractivity contribution in [3.8, 4) is 0 Å². The molecule has 0 aromatic carbocycles. The largest absolute Gasteiger partial charge is 0.466 e. The quantitative estimate of drug-likeness (QED) is 0.390. The molecule has 0 aliphatic carbocycles. The van der Waals surface area contributed by atoms with Gasteiger partial charge in [0.1, 0.15) is 0 Å². The molecule has 0 saturated carbocycles. The number of ether oxygens (including phenoxy) is 1. The summed E-state index contributed by atoms with van der Waals surface area (Å²) in [6.07, 6.45) is 3.92. The van der Waals surface area contributed by atoms with E-state index in [1.807, 2.05) is 0 Å². The van der Waals surface area contributed by atoms with E-state index in [0.717, 1.165) is 0 Å². The normalized spacial score (nSPS) is 15.6. The number of aliphatic hydroxyl groups excluding tert-OH is 1. The Hall–Kier alpha value is -1.13. The summed E-state index contributed by atoms with van der Waals surface area (Å²) in [5.74, 6) is -0.546. The molecule has 0 saturated heterocycles. The van der Waals surface area contributed by atoms with Crippen molar-refractivity contribution in [1.29, 1.82) is 0 Å². The Kier molecular flexibility index (Phi) is 5.89. The monoisotopic (exact) mass is 214 g/mol. The van der Waals surface area contributed by atoms with Gasteiger partial charge in [-0.05, 0) is 19.8 Å². The molecule has 0 aliphatic heterocycles. The summed E-state index contributed by atoms with van der Waals surface area (Å²) in [5.41, 5.74) is -0.745. The number of carbonyl (C=O) groups is 1.